The summed E-state index contributed by atoms with van der Waals surface area (Å²) in [6.45, 7) is 0.364. The summed E-state index contributed by atoms with van der Waals surface area (Å²) in [4.78, 5) is 17.1. The molecule has 2 aliphatic rings. The molecule has 1 aromatic carbocycles. The zero-order valence-electron chi connectivity index (χ0n) is 15.6. The molecule has 1 unspecified atom stereocenters. The van der Waals surface area contributed by atoms with Crippen molar-refractivity contribution in [2.45, 2.75) is 25.2 Å². The second-order valence-corrected chi connectivity index (χ2v) is 10.8. The van der Waals surface area contributed by atoms with Crippen LogP contribution in [0.2, 0.25) is 10.0 Å². The van der Waals surface area contributed by atoms with Crippen molar-refractivity contribution in [3.05, 3.63) is 51.6 Å². The third kappa shape index (κ3) is 5.21. The average Bonchev–Trinajstić information content (AvgIpc) is 3.42. The van der Waals surface area contributed by atoms with Gasteiger partial charge < -0.3 is 10.6 Å². The standard InChI is InChI=1S/C20H21Cl2N3O3S/c21-14-5-15(22)7-16(6-14)25-19-8-17(13-1-2-13)18(10-23-19)20(26)24-9-12-3-4-29(27,28)11-12/h5-8,10,12-13H,1-4,9,11H2,(H,23,25)(H,24,26). The van der Waals surface area contributed by atoms with Gasteiger partial charge in [-0.05, 0) is 60.9 Å². The minimum atomic E-state index is -2.95. The van der Waals surface area contributed by atoms with Crippen LogP contribution in [0.3, 0.4) is 0 Å². The van der Waals surface area contributed by atoms with Crippen LogP contribution in [0.15, 0.2) is 30.5 Å². The van der Waals surface area contributed by atoms with Gasteiger partial charge in [0, 0.05) is 28.5 Å². The number of nitrogens with zero attached hydrogens (tertiary/aromatic N) is 1. The molecule has 1 atom stereocenters. The molecule has 1 aromatic heterocycles. The Hall–Kier alpha value is -1.83. The molecule has 1 aliphatic heterocycles. The molecular formula is C20H21Cl2N3O3S. The van der Waals surface area contributed by atoms with E-state index in [4.69, 9.17) is 23.2 Å². The van der Waals surface area contributed by atoms with E-state index in [2.05, 4.69) is 15.6 Å². The van der Waals surface area contributed by atoms with E-state index in [1.165, 1.54) is 0 Å². The number of rotatable bonds is 6. The normalized spacial score (nSPS) is 20.4. The number of benzene rings is 1. The summed E-state index contributed by atoms with van der Waals surface area (Å²) in [7, 11) is -2.95. The van der Waals surface area contributed by atoms with Crippen LogP contribution in [0.25, 0.3) is 0 Å². The number of anilines is 2. The van der Waals surface area contributed by atoms with Gasteiger partial charge >= 0.3 is 0 Å². The number of nitrogens with one attached hydrogen (secondary N) is 2. The molecule has 1 saturated carbocycles. The molecular weight excluding hydrogens is 433 g/mol. The van der Waals surface area contributed by atoms with E-state index in [1.54, 1.807) is 24.4 Å². The van der Waals surface area contributed by atoms with Crippen molar-refractivity contribution in [1.29, 1.82) is 0 Å². The number of halogens is 2. The molecule has 154 valence electrons. The highest BCUT2D eigenvalue weighted by Crippen LogP contribution is 2.42. The number of amides is 1. The van der Waals surface area contributed by atoms with Gasteiger partial charge in [0.2, 0.25) is 0 Å². The zero-order valence-corrected chi connectivity index (χ0v) is 17.9. The number of aromatic nitrogens is 1. The van der Waals surface area contributed by atoms with Crippen LogP contribution in [0.1, 0.15) is 41.1 Å². The fourth-order valence-electron chi connectivity index (χ4n) is 3.60. The molecule has 0 bridgehead atoms. The highest BCUT2D eigenvalue weighted by molar-refractivity contribution is 7.91. The highest BCUT2D eigenvalue weighted by atomic mass is 35.5. The molecule has 4 rings (SSSR count). The maximum absolute atomic E-state index is 12.7. The molecule has 9 heteroatoms. The van der Waals surface area contributed by atoms with Crippen molar-refractivity contribution < 1.29 is 13.2 Å². The maximum Gasteiger partial charge on any atom is 0.253 e. The maximum atomic E-state index is 12.7. The Morgan fingerprint density at radius 2 is 1.83 bits per heavy atom. The molecule has 1 saturated heterocycles. The summed E-state index contributed by atoms with van der Waals surface area (Å²) < 4.78 is 23.2. The Morgan fingerprint density at radius 3 is 2.45 bits per heavy atom. The summed E-state index contributed by atoms with van der Waals surface area (Å²) in [5, 5.41) is 7.11. The number of hydrogen-bond acceptors (Lipinski definition) is 5. The molecule has 29 heavy (non-hydrogen) atoms. The average molecular weight is 454 g/mol. The van der Waals surface area contributed by atoms with E-state index in [1.807, 2.05) is 6.07 Å². The minimum Gasteiger partial charge on any atom is -0.352 e. The van der Waals surface area contributed by atoms with Gasteiger partial charge in [0.05, 0.1) is 17.1 Å². The third-order valence-electron chi connectivity index (χ3n) is 5.21. The lowest BCUT2D eigenvalue weighted by molar-refractivity contribution is 0.0947. The molecule has 6 nitrogen and oxygen atoms in total. The van der Waals surface area contributed by atoms with E-state index >= 15 is 0 Å². The van der Waals surface area contributed by atoms with Gasteiger partial charge in [-0.15, -0.1) is 0 Å². The minimum absolute atomic E-state index is 0.0187. The summed E-state index contributed by atoms with van der Waals surface area (Å²) in [6.07, 6.45) is 4.24. The topological polar surface area (TPSA) is 88.2 Å². The second kappa shape index (κ2) is 8.13. The first-order valence-electron chi connectivity index (χ1n) is 9.51. The van der Waals surface area contributed by atoms with Crippen molar-refractivity contribution in [1.82, 2.24) is 10.3 Å². The smallest absolute Gasteiger partial charge is 0.253 e. The number of hydrogen-bond donors (Lipinski definition) is 2. The highest BCUT2D eigenvalue weighted by Gasteiger charge is 2.31. The van der Waals surface area contributed by atoms with Gasteiger partial charge in [0.15, 0.2) is 9.84 Å². The molecule has 2 heterocycles. The van der Waals surface area contributed by atoms with Crippen LogP contribution in [0.5, 0.6) is 0 Å². The van der Waals surface area contributed by atoms with E-state index < -0.39 is 9.84 Å². The summed E-state index contributed by atoms with van der Waals surface area (Å²) >= 11 is 12.1. The Balaban J connectivity index is 1.48. The van der Waals surface area contributed by atoms with Gasteiger partial charge in [-0.1, -0.05) is 23.2 Å². The van der Waals surface area contributed by atoms with Crippen LogP contribution in [-0.4, -0.2) is 37.4 Å². The molecule has 0 spiro atoms. The van der Waals surface area contributed by atoms with Gasteiger partial charge in [-0.25, -0.2) is 13.4 Å². The summed E-state index contributed by atoms with van der Waals surface area (Å²) in [5.74, 6) is 1.08. The first kappa shape index (κ1) is 20.4. The number of sulfone groups is 1. The lowest BCUT2D eigenvalue weighted by Gasteiger charge is -2.14. The lowest BCUT2D eigenvalue weighted by atomic mass is 10.0. The van der Waals surface area contributed by atoms with Crippen molar-refractivity contribution in [3.8, 4) is 0 Å². The van der Waals surface area contributed by atoms with Crippen LogP contribution in [0.4, 0.5) is 11.5 Å². The molecule has 2 fully saturated rings. The van der Waals surface area contributed by atoms with Gasteiger partial charge in [-0.2, -0.15) is 0 Å². The van der Waals surface area contributed by atoms with E-state index in [9.17, 15) is 13.2 Å². The third-order valence-corrected chi connectivity index (χ3v) is 7.48. The zero-order chi connectivity index (χ0) is 20.6. The van der Waals surface area contributed by atoms with Gasteiger partial charge in [0.1, 0.15) is 5.82 Å². The monoisotopic (exact) mass is 453 g/mol. The second-order valence-electron chi connectivity index (χ2n) is 7.69. The molecule has 1 amide bonds. The predicted molar refractivity (Wildman–Crippen MR) is 115 cm³/mol. The van der Waals surface area contributed by atoms with Crippen molar-refractivity contribution in [2.24, 2.45) is 5.92 Å². The van der Waals surface area contributed by atoms with Crippen LogP contribution in [-0.2, 0) is 9.84 Å². The number of carbonyl (C=O) groups is 1. The van der Waals surface area contributed by atoms with Crippen LogP contribution < -0.4 is 10.6 Å². The fourth-order valence-corrected chi connectivity index (χ4v) is 5.99. The lowest BCUT2D eigenvalue weighted by Crippen LogP contribution is -2.30. The molecule has 1 aliphatic carbocycles. The van der Waals surface area contributed by atoms with Gasteiger partial charge in [0.25, 0.3) is 5.91 Å². The summed E-state index contributed by atoms with van der Waals surface area (Å²) in [6, 6.07) is 7.05. The molecule has 0 radical (unpaired) electrons. The first-order valence-corrected chi connectivity index (χ1v) is 12.1. The van der Waals surface area contributed by atoms with Crippen LogP contribution in [0, 0.1) is 5.92 Å². The quantitative estimate of drug-likeness (QED) is 0.684. The van der Waals surface area contributed by atoms with Crippen LogP contribution >= 0.6 is 23.2 Å². The molecule has 2 N–H and O–H groups in total. The van der Waals surface area contributed by atoms with E-state index in [0.717, 1.165) is 24.1 Å². The summed E-state index contributed by atoms with van der Waals surface area (Å²) in [5.41, 5.74) is 2.21. The number of carbonyl (C=O) groups excluding carboxylic acids is 1. The Bertz CT molecular complexity index is 1030. The Morgan fingerprint density at radius 1 is 1.10 bits per heavy atom. The predicted octanol–water partition coefficient (Wildman–Crippen LogP) is 4.17. The Kier molecular flexibility index (Phi) is 5.73. The van der Waals surface area contributed by atoms with E-state index in [0.29, 0.717) is 40.3 Å². The van der Waals surface area contributed by atoms with E-state index in [-0.39, 0.29) is 23.3 Å². The van der Waals surface area contributed by atoms with Crippen molar-refractivity contribution in [3.63, 3.8) is 0 Å². The van der Waals surface area contributed by atoms with Gasteiger partial charge in [-0.3, -0.25) is 4.79 Å². The van der Waals surface area contributed by atoms with Crippen molar-refractivity contribution >= 4 is 50.5 Å². The Labute approximate surface area is 179 Å². The molecule has 2 aromatic rings. The number of pyridine rings is 1. The SMILES string of the molecule is O=C(NCC1CCS(=O)(=O)C1)c1cnc(Nc2cc(Cl)cc(Cl)c2)cc1C1CC1. The van der Waals surface area contributed by atoms with Crippen molar-refractivity contribution in [2.75, 3.05) is 23.4 Å². The largest absolute Gasteiger partial charge is 0.352 e. The fraction of sp³-hybridized carbons (Fsp3) is 0.400. The first-order chi connectivity index (χ1) is 13.8.